The van der Waals surface area contributed by atoms with Gasteiger partial charge in [0.15, 0.2) is 0 Å². The number of benzene rings is 1. The van der Waals surface area contributed by atoms with Crippen LogP contribution < -0.4 is 20.9 Å². The van der Waals surface area contributed by atoms with Gasteiger partial charge in [-0.25, -0.2) is 9.37 Å². The van der Waals surface area contributed by atoms with Crippen LogP contribution in [0.5, 0.6) is 5.75 Å². The summed E-state index contributed by atoms with van der Waals surface area (Å²) in [6, 6.07) is 8.84. The maximum Gasteiger partial charge on any atom is 0.263 e. The molecule has 3 rings (SSSR count). The van der Waals surface area contributed by atoms with Crippen molar-refractivity contribution in [1.82, 2.24) is 14.9 Å². The Hall–Kier alpha value is -3.70. The van der Waals surface area contributed by atoms with Crippen LogP contribution in [-0.2, 0) is 7.05 Å². The van der Waals surface area contributed by atoms with Crippen LogP contribution in [0.25, 0.3) is 16.7 Å². The molecule has 0 aliphatic carbocycles. The summed E-state index contributed by atoms with van der Waals surface area (Å²) >= 11 is 0. The van der Waals surface area contributed by atoms with Gasteiger partial charge in [0.25, 0.3) is 5.56 Å². The molecule has 0 atom stereocenters. The molecule has 0 spiro atoms. The molecule has 0 bridgehead atoms. The van der Waals surface area contributed by atoms with Crippen molar-refractivity contribution in [2.24, 2.45) is 13.0 Å². The molecule has 1 saturated heterocycles. The van der Waals surface area contributed by atoms with Gasteiger partial charge in [-0.2, -0.15) is 5.26 Å². The number of rotatable bonds is 8. The number of hydrogen-bond acceptors (Lipinski definition) is 6. The molecule has 1 aromatic heterocycles. The largest absolute Gasteiger partial charge is 0.497 e. The summed E-state index contributed by atoms with van der Waals surface area (Å²) in [7, 11) is 3.24. The third-order valence-electron chi connectivity index (χ3n) is 5.98. The van der Waals surface area contributed by atoms with Crippen LogP contribution in [0.4, 0.5) is 10.3 Å². The van der Waals surface area contributed by atoms with Gasteiger partial charge in [0.1, 0.15) is 17.6 Å². The van der Waals surface area contributed by atoms with Crippen molar-refractivity contribution in [2.75, 3.05) is 32.1 Å². The molecule has 0 saturated carbocycles. The zero-order valence-electron chi connectivity index (χ0n) is 19.8. The maximum atomic E-state index is 14.7. The lowest BCUT2D eigenvalue weighted by atomic mass is 9.98. The van der Waals surface area contributed by atoms with Crippen molar-refractivity contribution in [3.05, 3.63) is 70.4 Å². The van der Waals surface area contributed by atoms with Crippen LogP contribution >= 0.6 is 0 Å². The molecule has 2 heterocycles. The van der Waals surface area contributed by atoms with Crippen LogP contribution in [0, 0.1) is 17.2 Å². The van der Waals surface area contributed by atoms with Gasteiger partial charge in [0.2, 0.25) is 5.95 Å². The van der Waals surface area contributed by atoms with Gasteiger partial charge in [-0.1, -0.05) is 18.7 Å². The molecule has 1 aliphatic heterocycles. The predicted molar refractivity (Wildman–Crippen MR) is 133 cm³/mol. The molecule has 8 heteroatoms. The van der Waals surface area contributed by atoms with E-state index >= 15 is 0 Å². The average Bonchev–Trinajstić information content (AvgIpc) is 2.86. The highest BCUT2D eigenvalue weighted by Crippen LogP contribution is 2.29. The van der Waals surface area contributed by atoms with E-state index in [1.54, 1.807) is 51.4 Å². The van der Waals surface area contributed by atoms with Crippen molar-refractivity contribution in [2.45, 2.75) is 19.8 Å². The minimum atomic E-state index is -0.734. The van der Waals surface area contributed by atoms with Crippen molar-refractivity contribution in [1.29, 1.82) is 5.26 Å². The lowest BCUT2D eigenvalue weighted by Gasteiger charge is -2.24. The summed E-state index contributed by atoms with van der Waals surface area (Å²) in [5.74, 6) is 0.812. The number of hydrogen-bond donors (Lipinski definition) is 2. The average molecular weight is 464 g/mol. The normalized spacial score (nSPS) is 15.3. The minimum absolute atomic E-state index is 0.182. The Balaban J connectivity index is 2.12. The zero-order chi connectivity index (χ0) is 24.7. The van der Waals surface area contributed by atoms with Gasteiger partial charge in [0.05, 0.1) is 23.9 Å². The number of nitrogens with one attached hydrogen (secondary N) is 2. The number of nitrogens with zero attached hydrogens (tertiary/aromatic N) is 3. The number of anilines is 1. The van der Waals surface area contributed by atoms with Crippen molar-refractivity contribution < 1.29 is 9.13 Å². The summed E-state index contributed by atoms with van der Waals surface area (Å²) in [5, 5.41) is 15.8. The standard InChI is InChI=1S/C26H30FN5O2/c1-5-19(15-28)22(27)14-17(2)24-23(20-6-8-21(34-4)9-7-20)25(33)32(3)26(31-24)30-16-18-10-12-29-13-11-18/h5-9,14,18,29H,1,10-13,16H2,2-4H3,(H,30,31)/b17-14+,22-19-. The lowest BCUT2D eigenvalue weighted by molar-refractivity contribution is 0.389. The van der Waals surface area contributed by atoms with E-state index in [0.29, 0.717) is 46.6 Å². The van der Waals surface area contributed by atoms with Gasteiger partial charge in [-0.3, -0.25) is 9.36 Å². The fourth-order valence-electron chi connectivity index (χ4n) is 3.92. The molecule has 0 amide bonds. The van der Waals surface area contributed by atoms with E-state index in [1.165, 1.54) is 10.6 Å². The van der Waals surface area contributed by atoms with Crippen molar-refractivity contribution >= 4 is 11.5 Å². The molecule has 2 aromatic rings. The molecule has 7 nitrogen and oxygen atoms in total. The number of halogens is 1. The number of allylic oxidation sites excluding steroid dienone is 5. The Labute approximate surface area is 199 Å². The third kappa shape index (κ3) is 5.61. The van der Waals surface area contributed by atoms with Crippen LogP contribution in [0.1, 0.15) is 25.5 Å². The second kappa shape index (κ2) is 11.4. The fourth-order valence-corrected chi connectivity index (χ4v) is 3.92. The van der Waals surface area contributed by atoms with E-state index < -0.39 is 5.83 Å². The Kier molecular flexibility index (Phi) is 8.39. The summed E-state index contributed by atoms with van der Waals surface area (Å²) in [5.41, 5.74) is 1.30. The highest BCUT2D eigenvalue weighted by atomic mass is 19.1. The van der Waals surface area contributed by atoms with E-state index in [-0.39, 0.29) is 11.1 Å². The van der Waals surface area contributed by atoms with Gasteiger partial charge >= 0.3 is 0 Å². The Morgan fingerprint density at radius 2 is 2.06 bits per heavy atom. The van der Waals surface area contributed by atoms with Gasteiger partial charge in [-0.15, -0.1) is 0 Å². The number of ether oxygens (including phenoxy) is 1. The molecule has 1 aliphatic rings. The number of piperidine rings is 1. The first kappa shape index (κ1) is 24.9. The van der Waals surface area contributed by atoms with E-state index in [4.69, 9.17) is 15.0 Å². The first-order chi connectivity index (χ1) is 16.4. The van der Waals surface area contributed by atoms with Crippen molar-refractivity contribution in [3.63, 3.8) is 0 Å². The summed E-state index contributed by atoms with van der Waals surface area (Å²) < 4.78 is 21.4. The first-order valence-corrected chi connectivity index (χ1v) is 11.2. The molecule has 0 radical (unpaired) electrons. The summed E-state index contributed by atoms with van der Waals surface area (Å²) in [4.78, 5) is 18.2. The number of nitriles is 1. The summed E-state index contributed by atoms with van der Waals surface area (Å²) in [6.07, 6.45) is 4.47. The van der Waals surface area contributed by atoms with Gasteiger partial charge in [0, 0.05) is 13.6 Å². The predicted octanol–water partition coefficient (Wildman–Crippen LogP) is 4.20. The summed E-state index contributed by atoms with van der Waals surface area (Å²) in [6.45, 7) is 7.78. The van der Waals surface area contributed by atoms with Crippen LogP contribution in [0.15, 0.2) is 59.2 Å². The van der Waals surface area contributed by atoms with E-state index in [1.807, 2.05) is 0 Å². The zero-order valence-corrected chi connectivity index (χ0v) is 19.8. The maximum absolute atomic E-state index is 14.7. The van der Waals surface area contributed by atoms with E-state index in [9.17, 15) is 9.18 Å². The molecule has 178 valence electrons. The molecule has 1 fully saturated rings. The monoisotopic (exact) mass is 463 g/mol. The Morgan fingerprint density at radius 3 is 2.65 bits per heavy atom. The van der Waals surface area contributed by atoms with Gasteiger partial charge < -0.3 is 15.4 Å². The SMILES string of the molecule is C=C/C(C#N)=C(F)\C=C(/C)c1nc(NCC2CCNCC2)n(C)c(=O)c1-c1ccc(OC)cc1. The number of aromatic nitrogens is 2. The molecule has 0 unspecified atom stereocenters. The minimum Gasteiger partial charge on any atom is -0.497 e. The third-order valence-corrected chi connectivity index (χ3v) is 5.98. The molecule has 1 aromatic carbocycles. The molecule has 34 heavy (non-hydrogen) atoms. The molecule has 2 N–H and O–H groups in total. The lowest BCUT2D eigenvalue weighted by Crippen LogP contribution is -2.32. The first-order valence-electron chi connectivity index (χ1n) is 11.2. The second-order valence-corrected chi connectivity index (χ2v) is 8.23. The van der Waals surface area contributed by atoms with E-state index in [0.717, 1.165) is 32.0 Å². The van der Waals surface area contributed by atoms with Crippen molar-refractivity contribution in [3.8, 4) is 22.9 Å². The highest BCUT2D eigenvalue weighted by Gasteiger charge is 2.20. The molecular weight excluding hydrogens is 433 g/mol. The second-order valence-electron chi connectivity index (χ2n) is 8.23. The van der Waals surface area contributed by atoms with Crippen LogP contribution in [-0.4, -0.2) is 36.3 Å². The Bertz CT molecular complexity index is 1200. The topological polar surface area (TPSA) is 92.0 Å². The quantitative estimate of drug-likeness (QED) is 0.450. The number of methoxy groups -OCH3 is 1. The smallest absolute Gasteiger partial charge is 0.263 e. The van der Waals surface area contributed by atoms with Crippen LogP contribution in [0.2, 0.25) is 0 Å². The van der Waals surface area contributed by atoms with Gasteiger partial charge in [-0.05, 0) is 74.2 Å². The molecular formula is C26H30FN5O2. The van der Waals surface area contributed by atoms with E-state index in [2.05, 4.69) is 17.2 Å². The Morgan fingerprint density at radius 1 is 1.38 bits per heavy atom. The van der Waals surface area contributed by atoms with Crippen LogP contribution in [0.3, 0.4) is 0 Å². The fraction of sp³-hybridized carbons (Fsp3) is 0.346. The highest BCUT2D eigenvalue weighted by molar-refractivity contribution is 5.79.